The first-order valence-electron chi connectivity index (χ1n) is 5.82. The third-order valence-electron chi connectivity index (χ3n) is 2.27. The monoisotopic (exact) mass is 214 g/mol. The minimum absolute atomic E-state index is 0.836. The molecule has 15 heavy (non-hydrogen) atoms. The number of rotatable bonds is 9. The molecule has 0 saturated heterocycles. The van der Waals surface area contributed by atoms with Crippen molar-refractivity contribution in [1.82, 2.24) is 10.3 Å². The highest BCUT2D eigenvalue weighted by atomic mass is 15.4. The Kier molecular flexibility index (Phi) is 9.32. The van der Waals surface area contributed by atoms with Gasteiger partial charge in [-0.1, -0.05) is 26.2 Å². The molecule has 4 heteroatoms. The molecule has 0 aliphatic carbocycles. The van der Waals surface area contributed by atoms with E-state index in [0.29, 0.717) is 0 Å². The minimum atomic E-state index is 0.836. The van der Waals surface area contributed by atoms with Gasteiger partial charge in [-0.25, -0.2) is 5.84 Å². The van der Waals surface area contributed by atoms with Crippen LogP contribution in [-0.4, -0.2) is 25.1 Å². The molecule has 0 aliphatic heterocycles. The molecule has 0 aromatic rings. The highest BCUT2D eigenvalue weighted by molar-refractivity contribution is 4.95. The van der Waals surface area contributed by atoms with Crippen LogP contribution < -0.4 is 16.9 Å². The summed E-state index contributed by atoms with van der Waals surface area (Å²) in [5.41, 5.74) is 6.63. The van der Waals surface area contributed by atoms with Crippen LogP contribution in [0.2, 0.25) is 0 Å². The molecular weight excluding hydrogens is 188 g/mol. The fraction of sp³-hybridized carbons (Fsp3) is 0.818. The van der Waals surface area contributed by atoms with Crippen LogP contribution in [0.5, 0.6) is 0 Å². The number of nitrogens with two attached hydrogens (primary N) is 2. The van der Waals surface area contributed by atoms with Gasteiger partial charge in [0.15, 0.2) is 0 Å². The molecule has 0 spiro atoms. The van der Waals surface area contributed by atoms with Gasteiger partial charge in [0.05, 0.1) is 0 Å². The lowest BCUT2D eigenvalue weighted by Crippen LogP contribution is -2.28. The molecule has 0 aromatic heterocycles. The van der Waals surface area contributed by atoms with Gasteiger partial charge in [-0.2, -0.15) is 0 Å². The topological polar surface area (TPSA) is 67.3 Å². The predicted molar refractivity (Wildman–Crippen MR) is 65.8 cm³/mol. The molecule has 0 atom stereocenters. The van der Waals surface area contributed by atoms with Gasteiger partial charge in [0.2, 0.25) is 0 Å². The largest absolute Gasteiger partial charge is 0.401 e. The van der Waals surface area contributed by atoms with Gasteiger partial charge in [-0.15, -0.1) is 0 Å². The molecule has 0 aliphatic rings. The average Bonchev–Trinajstić information content (AvgIpc) is 2.21. The fourth-order valence-corrected chi connectivity index (χ4v) is 1.33. The summed E-state index contributed by atoms with van der Waals surface area (Å²) in [6.07, 6.45) is 7.61. The van der Waals surface area contributed by atoms with Crippen LogP contribution >= 0.6 is 0 Å². The van der Waals surface area contributed by atoms with Crippen molar-refractivity contribution in [2.45, 2.75) is 39.0 Å². The van der Waals surface area contributed by atoms with Crippen molar-refractivity contribution in [1.29, 1.82) is 0 Å². The summed E-state index contributed by atoms with van der Waals surface area (Å²) in [6.45, 7) is 3.99. The molecule has 0 rings (SSSR count). The molecule has 0 saturated carbocycles. The maximum atomic E-state index is 5.79. The number of nitrogens with one attached hydrogen (secondary N) is 1. The van der Waals surface area contributed by atoms with Crippen molar-refractivity contribution in [3.8, 4) is 0 Å². The number of hydrazine groups is 1. The summed E-state index contributed by atoms with van der Waals surface area (Å²) in [7, 11) is 1.91. The lowest BCUT2D eigenvalue weighted by Gasteiger charge is -2.14. The first-order valence-corrected chi connectivity index (χ1v) is 5.82. The molecule has 0 heterocycles. The third-order valence-corrected chi connectivity index (χ3v) is 2.27. The van der Waals surface area contributed by atoms with E-state index >= 15 is 0 Å². The number of unbranched alkanes of at least 4 members (excludes halogenated alkanes) is 3. The van der Waals surface area contributed by atoms with E-state index in [-0.39, 0.29) is 0 Å². The Morgan fingerprint density at radius 3 is 2.67 bits per heavy atom. The summed E-state index contributed by atoms with van der Waals surface area (Å²) in [4.78, 5) is 0. The zero-order valence-corrected chi connectivity index (χ0v) is 10.1. The molecule has 0 radical (unpaired) electrons. The first-order chi connectivity index (χ1) is 7.20. The molecule has 0 fully saturated rings. The average molecular weight is 214 g/mol. The lowest BCUT2D eigenvalue weighted by atomic mass is 10.2. The van der Waals surface area contributed by atoms with Gasteiger partial charge in [-0.05, 0) is 13.5 Å². The fourth-order valence-electron chi connectivity index (χ4n) is 1.33. The normalized spacial score (nSPS) is 11.8. The second-order valence-electron chi connectivity index (χ2n) is 3.86. The van der Waals surface area contributed by atoms with Crippen molar-refractivity contribution >= 4 is 0 Å². The van der Waals surface area contributed by atoms with E-state index in [1.54, 1.807) is 5.01 Å². The maximum absolute atomic E-state index is 5.79. The second kappa shape index (κ2) is 9.80. The number of hydrogen-bond acceptors (Lipinski definition) is 4. The van der Waals surface area contributed by atoms with Crippen molar-refractivity contribution in [3.63, 3.8) is 0 Å². The van der Waals surface area contributed by atoms with Gasteiger partial charge in [-0.3, -0.25) is 0 Å². The summed E-state index contributed by atoms with van der Waals surface area (Å²) in [6, 6.07) is 0. The van der Waals surface area contributed by atoms with E-state index in [1.807, 2.05) is 13.2 Å². The van der Waals surface area contributed by atoms with E-state index < -0.39 is 0 Å². The van der Waals surface area contributed by atoms with Gasteiger partial charge in [0.1, 0.15) is 0 Å². The van der Waals surface area contributed by atoms with Crippen LogP contribution in [0, 0.1) is 0 Å². The predicted octanol–water partition coefficient (Wildman–Crippen LogP) is 1.15. The molecule has 0 amide bonds. The van der Waals surface area contributed by atoms with Crippen LogP contribution in [-0.2, 0) is 0 Å². The Hall–Kier alpha value is -0.740. The lowest BCUT2D eigenvalue weighted by molar-refractivity contribution is 0.373. The standard InChI is InChI=1S/C11H26N4/c1-3-4-5-6-9-15(13)10-11(12)7-8-14-2/h10,14H,3-9,12-13H2,1-2H3/b11-10-. The van der Waals surface area contributed by atoms with Crippen LogP contribution in [0.1, 0.15) is 39.0 Å². The van der Waals surface area contributed by atoms with Crippen molar-refractivity contribution in [2.75, 3.05) is 20.1 Å². The Morgan fingerprint density at radius 1 is 1.33 bits per heavy atom. The Bertz CT molecular complexity index is 168. The van der Waals surface area contributed by atoms with Crippen LogP contribution in [0.15, 0.2) is 11.9 Å². The zero-order valence-electron chi connectivity index (χ0n) is 10.1. The van der Waals surface area contributed by atoms with E-state index in [1.165, 1.54) is 19.3 Å². The number of nitrogens with zero attached hydrogens (tertiary/aromatic N) is 1. The third kappa shape index (κ3) is 9.56. The smallest absolute Gasteiger partial charge is 0.0343 e. The minimum Gasteiger partial charge on any atom is -0.401 e. The SMILES string of the molecule is CCCCCCN(N)/C=C(\N)CCNC. The van der Waals surface area contributed by atoms with E-state index in [4.69, 9.17) is 11.6 Å². The van der Waals surface area contributed by atoms with E-state index in [2.05, 4.69) is 12.2 Å². The van der Waals surface area contributed by atoms with Gasteiger partial charge >= 0.3 is 0 Å². The Balaban J connectivity index is 3.56. The van der Waals surface area contributed by atoms with Crippen molar-refractivity contribution < 1.29 is 0 Å². The quantitative estimate of drug-likeness (QED) is 0.306. The van der Waals surface area contributed by atoms with Gasteiger partial charge < -0.3 is 16.1 Å². The molecule has 5 N–H and O–H groups in total. The molecular formula is C11H26N4. The summed E-state index contributed by atoms with van der Waals surface area (Å²) >= 11 is 0. The maximum Gasteiger partial charge on any atom is 0.0343 e. The molecule has 4 nitrogen and oxygen atoms in total. The molecule has 0 aromatic carbocycles. The summed E-state index contributed by atoms with van der Waals surface area (Å²) < 4.78 is 0. The van der Waals surface area contributed by atoms with Crippen LogP contribution in [0.4, 0.5) is 0 Å². The highest BCUT2D eigenvalue weighted by Gasteiger charge is 1.95. The van der Waals surface area contributed by atoms with Crippen LogP contribution in [0.3, 0.4) is 0 Å². The Morgan fingerprint density at radius 2 is 2.07 bits per heavy atom. The van der Waals surface area contributed by atoms with Crippen molar-refractivity contribution in [2.24, 2.45) is 11.6 Å². The van der Waals surface area contributed by atoms with E-state index in [0.717, 1.165) is 31.6 Å². The molecule has 0 bridgehead atoms. The number of hydrogen-bond donors (Lipinski definition) is 3. The Labute approximate surface area is 93.7 Å². The highest BCUT2D eigenvalue weighted by Crippen LogP contribution is 2.00. The van der Waals surface area contributed by atoms with Gasteiger partial charge in [0, 0.05) is 31.4 Å². The van der Waals surface area contributed by atoms with Crippen molar-refractivity contribution in [3.05, 3.63) is 11.9 Å². The first kappa shape index (κ1) is 14.3. The summed E-state index contributed by atoms with van der Waals surface area (Å²) in [5, 5.41) is 4.75. The van der Waals surface area contributed by atoms with Gasteiger partial charge in [0.25, 0.3) is 0 Å². The second-order valence-corrected chi connectivity index (χ2v) is 3.86. The molecule has 90 valence electrons. The van der Waals surface area contributed by atoms with Crippen LogP contribution in [0.25, 0.3) is 0 Å². The van der Waals surface area contributed by atoms with E-state index in [9.17, 15) is 0 Å². The molecule has 0 unspecified atom stereocenters. The summed E-state index contributed by atoms with van der Waals surface area (Å²) in [5.74, 6) is 5.79. The zero-order chi connectivity index (χ0) is 11.5.